The quantitative estimate of drug-likeness (QED) is 0.266. The fourth-order valence-electron chi connectivity index (χ4n) is 4.65. The van der Waals surface area contributed by atoms with Crippen molar-refractivity contribution in [2.45, 2.75) is 6.42 Å². The number of rotatable bonds is 9. The minimum absolute atomic E-state index is 0.0365. The van der Waals surface area contributed by atoms with Crippen LogP contribution in [0.1, 0.15) is 5.56 Å². The molecule has 0 atom stereocenters. The Morgan fingerprint density at radius 2 is 1.90 bits per heavy atom. The van der Waals surface area contributed by atoms with Gasteiger partial charge in [0.05, 0.1) is 21.8 Å². The number of carbonyl (C=O) groups excluding carboxylic acids is 1. The van der Waals surface area contributed by atoms with Crippen LogP contribution in [0.15, 0.2) is 54.6 Å². The van der Waals surface area contributed by atoms with Crippen molar-refractivity contribution in [1.82, 2.24) is 30.0 Å². The summed E-state index contributed by atoms with van der Waals surface area (Å²) >= 11 is 13.0. The molecule has 0 unspecified atom stereocenters. The van der Waals surface area contributed by atoms with Gasteiger partial charge in [-0.3, -0.25) is 9.89 Å². The van der Waals surface area contributed by atoms with E-state index in [0.29, 0.717) is 39.4 Å². The predicted molar refractivity (Wildman–Crippen MR) is 163 cm³/mol. The fraction of sp³-hybridized carbons (Fsp3) is 0.310. The second-order valence-corrected chi connectivity index (χ2v) is 11.0. The molecule has 0 amide bonds. The second kappa shape index (κ2) is 12.3. The molecule has 1 fully saturated rings. The van der Waals surface area contributed by atoms with Crippen LogP contribution < -0.4 is 10.2 Å². The summed E-state index contributed by atoms with van der Waals surface area (Å²) in [6, 6.07) is 13.6. The van der Waals surface area contributed by atoms with Crippen molar-refractivity contribution in [1.29, 1.82) is 0 Å². The molecule has 0 bridgehead atoms. The highest BCUT2D eigenvalue weighted by atomic mass is 35.5. The van der Waals surface area contributed by atoms with Gasteiger partial charge < -0.3 is 20.0 Å². The van der Waals surface area contributed by atoms with Gasteiger partial charge in [-0.1, -0.05) is 47.5 Å². The maximum atomic E-state index is 12.5. The van der Waals surface area contributed by atoms with Gasteiger partial charge in [-0.2, -0.15) is 10.1 Å². The third-order valence-electron chi connectivity index (χ3n) is 6.77. The van der Waals surface area contributed by atoms with Crippen LogP contribution in [-0.2, 0) is 11.2 Å². The van der Waals surface area contributed by atoms with Gasteiger partial charge in [-0.15, -0.1) is 0 Å². The second-order valence-electron chi connectivity index (χ2n) is 10.2. The smallest absolute Gasteiger partial charge is 0.229 e. The number of carbonyl (C=O) groups is 1. The molecule has 5 rings (SSSR count). The summed E-state index contributed by atoms with van der Waals surface area (Å²) in [5.74, 6) is 0.417. The van der Waals surface area contributed by atoms with Gasteiger partial charge in [0, 0.05) is 50.4 Å². The largest absolute Gasteiger partial charge is 0.368 e. The molecule has 0 aliphatic carbocycles. The molecule has 4 aromatic rings. The summed E-state index contributed by atoms with van der Waals surface area (Å²) in [7, 11) is 6.05. The highest BCUT2D eigenvalue weighted by Crippen LogP contribution is 2.34. The monoisotopic (exact) mass is 578 g/mol. The normalized spacial score (nSPS) is 14.5. The van der Waals surface area contributed by atoms with Crippen molar-refractivity contribution in [2.24, 2.45) is 0 Å². The van der Waals surface area contributed by atoms with Crippen LogP contribution in [0.25, 0.3) is 22.3 Å². The van der Waals surface area contributed by atoms with Gasteiger partial charge in [0.2, 0.25) is 5.95 Å². The molecule has 11 heteroatoms. The number of nitrogens with one attached hydrogen (secondary N) is 2. The number of fused-ring (bicyclic) bond motifs is 1. The van der Waals surface area contributed by atoms with Crippen molar-refractivity contribution in [2.75, 3.05) is 64.1 Å². The van der Waals surface area contributed by atoms with Crippen LogP contribution in [0.2, 0.25) is 10.2 Å². The number of H-pyrrole nitrogens is 1. The van der Waals surface area contributed by atoms with Crippen LogP contribution in [0.3, 0.4) is 0 Å². The minimum atomic E-state index is 0.0365. The van der Waals surface area contributed by atoms with Crippen LogP contribution in [0.5, 0.6) is 0 Å². The maximum absolute atomic E-state index is 12.5. The Morgan fingerprint density at radius 3 is 2.67 bits per heavy atom. The topological polar surface area (TPSA) is 93.3 Å². The first-order chi connectivity index (χ1) is 19.3. The molecule has 0 radical (unpaired) electrons. The van der Waals surface area contributed by atoms with Gasteiger partial charge in [0.1, 0.15) is 5.15 Å². The molecule has 2 aromatic carbocycles. The number of piperazine rings is 1. The lowest BCUT2D eigenvalue weighted by atomic mass is 10.0. The van der Waals surface area contributed by atoms with E-state index in [9.17, 15) is 4.79 Å². The third-order valence-corrected chi connectivity index (χ3v) is 7.36. The predicted octanol–water partition coefficient (Wildman–Crippen LogP) is 5.05. The van der Waals surface area contributed by atoms with Crippen LogP contribution >= 0.6 is 23.2 Å². The van der Waals surface area contributed by atoms with Crippen molar-refractivity contribution >= 4 is 57.3 Å². The molecule has 2 N–H and O–H groups in total. The lowest BCUT2D eigenvalue weighted by Gasteiger charge is -2.34. The number of allylic oxidation sites excluding steroid dienone is 1. The first kappa shape index (κ1) is 28.0. The molecular formula is C29H32Cl2N8O. The Hall–Kier alpha value is -3.50. The molecule has 0 spiro atoms. The van der Waals surface area contributed by atoms with Gasteiger partial charge in [0.25, 0.3) is 0 Å². The number of aromatic amines is 1. The molecule has 1 aliphatic heterocycles. The molecule has 0 saturated carbocycles. The average Bonchev–Trinajstić information content (AvgIpc) is 3.30. The molecular weight excluding hydrogens is 547 g/mol. The molecule has 40 heavy (non-hydrogen) atoms. The summed E-state index contributed by atoms with van der Waals surface area (Å²) in [5, 5.41) is 12.1. The van der Waals surface area contributed by atoms with Crippen molar-refractivity contribution in [3.05, 3.63) is 70.4 Å². The lowest BCUT2D eigenvalue weighted by Crippen LogP contribution is -2.44. The van der Waals surface area contributed by atoms with E-state index in [1.165, 1.54) is 0 Å². The van der Waals surface area contributed by atoms with Crippen LogP contribution in [0, 0.1) is 0 Å². The Kier molecular flexibility index (Phi) is 8.66. The highest BCUT2D eigenvalue weighted by Gasteiger charge is 2.19. The summed E-state index contributed by atoms with van der Waals surface area (Å²) in [6.07, 6.45) is 3.79. The molecule has 1 saturated heterocycles. The summed E-state index contributed by atoms with van der Waals surface area (Å²) < 4.78 is 0. The Labute approximate surface area is 243 Å². The minimum Gasteiger partial charge on any atom is -0.368 e. The summed E-state index contributed by atoms with van der Waals surface area (Å²) in [5.41, 5.74) is 4.55. The Morgan fingerprint density at radius 1 is 1.10 bits per heavy atom. The van der Waals surface area contributed by atoms with Crippen LogP contribution in [-0.4, -0.2) is 89.6 Å². The number of benzene rings is 2. The Bertz CT molecular complexity index is 1540. The zero-order valence-electron chi connectivity index (χ0n) is 22.8. The Balaban J connectivity index is 1.43. The van der Waals surface area contributed by atoms with Crippen LogP contribution in [0.4, 0.5) is 17.3 Å². The number of anilines is 3. The van der Waals surface area contributed by atoms with E-state index in [1.807, 2.05) is 67.5 Å². The number of nitrogens with zero attached hydrogens (tertiary/aromatic N) is 6. The lowest BCUT2D eigenvalue weighted by molar-refractivity contribution is -0.114. The first-order valence-electron chi connectivity index (χ1n) is 13.1. The average molecular weight is 580 g/mol. The van der Waals surface area contributed by atoms with Crippen molar-refractivity contribution < 1.29 is 4.79 Å². The first-order valence-corrected chi connectivity index (χ1v) is 13.9. The van der Waals surface area contributed by atoms with E-state index in [4.69, 9.17) is 28.2 Å². The van der Waals surface area contributed by atoms with E-state index < -0.39 is 0 Å². The molecule has 2 aromatic heterocycles. The zero-order chi connectivity index (χ0) is 28.2. The van der Waals surface area contributed by atoms with E-state index >= 15 is 0 Å². The van der Waals surface area contributed by atoms with E-state index in [2.05, 4.69) is 37.3 Å². The summed E-state index contributed by atoms with van der Waals surface area (Å²) in [4.78, 5) is 28.6. The van der Waals surface area contributed by atoms with Gasteiger partial charge in [0.15, 0.2) is 11.4 Å². The van der Waals surface area contributed by atoms with Gasteiger partial charge in [-0.25, -0.2) is 4.98 Å². The zero-order valence-corrected chi connectivity index (χ0v) is 24.3. The molecule has 9 nitrogen and oxygen atoms in total. The number of hydrogen-bond donors (Lipinski definition) is 2. The maximum Gasteiger partial charge on any atom is 0.229 e. The number of ketones is 1. The standard InChI is InChI=1S/C29H32Cl2N8O/c1-37(2)11-5-8-22(40)17-19-6-4-7-20(16-19)26-25-27(31)35-36-28(25)34-29(33-26)32-21-9-10-23(30)24(18-21)39-14-12-38(3)13-15-39/h4-10,16,18H,11-15,17H2,1-3H3,(H2,32,33,34,35,36)/b8-5+. The fourth-order valence-corrected chi connectivity index (χ4v) is 5.10. The molecule has 1 aliphatic rings. The van der Waals surface area contributed by atoms with Crippen molar-refractivity contribution in [3.8, 4) is 11.3 Å². The van der Waals surface area contributed by atoms with E-state index in [1.54, 1.807) is 6.08 Å². The highest BCUT2D eigenvalue weighted by molar-refractivity contribution is 6.35. The summed E-state index contributed by atoms with van der Waals surface area (Å²) in [6.45, 7) is 4.48. The number of aromatic nitrogens is 4. The number of hydrogen-bond acceptors (Lipinski definition) is 8. The molecule has 3 heterocycles. The van der Waals surface area contributed by atoms with E-state index in [-0.39, 0.29) is 12.2 Å². The van der Waals surface area contributed by atoms with Gasteiger partial charge in [-0.05, 0) is 57.0 Å². The number of likely N-dealkylation sites (N-methyl/N-ethyl adjacent to an activating group) is 2. The van der Waals surface area contributed by atoms with Crippen molar-refractivity contribution in [3.63, 3.8) is 0 Å². The number of halogens is 2. The van der Waals surface area contributed by atoms with Gasteiger partial charge >= 0.3 is 0 Å². The third kappa shape index (κ3) is 6.62. The SMILES string of the molecule is CN(C)C/C=C/C(=O)Cc1cccc(-c2nc(Nc3ccc(Cl)c(N4CCN(C)CC4)c3)nc3n[nH]c(Cl)c23)c1. The molecule has 208 valence electrons. The van der Waals surface area contributed by atoms with E-state index in [0.717, 1.165) is 48.7 Å².